The van der Waals surface area contributed by atoms with Crippen LogP contribution in [0.2, 0.25) is 0 Å². The summed E-state index contributed by atoms with van der Waals surface area (Å²) in [7, 11) is 0. The molecule has 0 spiro atoms. The lowest BCUT2D eigenvalue weighted by atomic mass is 10.1. The summed E-state index contributed by atoms with van der Waals surface area (Å²) in [5, 5.41) is 13.4. The number of rotatable bonds is 3. The first kappa shape index (κ1) is 13.7. The Morgan fingerprint density at radius 3 is 2.50 bits per heavy atom. The molecule has 3 heteroatoms. The van der Waals surface area contributed by atoms with Crippen molar-refractivity contribution < 1.29 is 5.11 Å². The van der Waals surface area contributed by atoms with Gasteiger partial charge in [0, 0.05) is 16.6 Å². The van der Waals surface area contributed by atoms with Gasteiger partial charge < -0.3 is 10.4 Å². The maximum Gasteiger partial charge on any atom is 0.0925 e. The molecular formula is C13H20BrNO. The molecule has 0 bridgehead atoms. The van der Waals surface area contributed by atoms with Crippen LogP contribution in [0.1, 0.15) is 38.0 Å². The van der Waals surface area contributed by atoms with Crippen molar-refractivity contribution in [2.24, 2.45) is 0 Å². The molecule has 90 valence electrons. The highest BCUT2D eigenvalue weighted by atomic mass is 79.9. The fraction of sp³-hybridized carbons (Fsp3) is 0.538. The van der Waals surface area contributed by atoms with Crippen molar-refractivity contribution in [2.75, 3.05) is 6.54 Å². The molecule has 1 aromatic carbocycles. The van der Waals surface area contributed by atoms with Crippen LogP contribution in [-0.4, -0.2) is 17.2 Å². The van der Waals surface area contributed by atoms with Gasteiger partial charge in [0.2, 0.25) is 0 Å². The molecule has 2 nitrogen and oxygen atoms in total. The largest absolute Gasteiger partial charge is 0.387 e. The monoisotopic (exact) mass is 285 g/mol. The highest BCUT2D eigenvalue weighted by Crippen LogP contribution is 2.24. The van der Waals surface area contributed by atoms with Gasteiger partial charge in [-0.25, -0.2) is 0 Å². The van der Waals surface area contributed by atoms with Crippen LogP contribution in [-0.2, 0) is 0 Å². The van der Waals surface area contributed by atoms with Crippen molar-refractivity contribution >= 4 is 15.9 Å². The number of nitrogens with one attached hydrogen (secondary N) is 1. The van der Waals surface area contributed by atoms with Crippen LogP contribution < -0.4 is 5.32 Å². The Morgan fingerprint density at radius 2 is 2.00 bits per heavy atom. The fourth-order valence-corrected chi connectivity index (χ4v) is 2.17. The number of hydrogen-bond acceptors (Lipinski definition) is 2. The van der Waals surface area contributed by atoms with Crippen molar-refractivity contribution in [1.29, 1.82) is 0 Å². The van der Waals surface area contributed by atoms with E-state index in [0.29, 0.717) is 6.54 Å². The van der Waals surface area contributed by atoms with E-state index in [0.717, 1.165) is 10.0 Å². The van der Waals surface area contributed by atoms with E-state index in [-0.39, 0.29) is 5.54 Å². The standard InChI is InChI=1S/C13H20BrNO/c1-9-5-6-10(11(14)7-9)12(16)8-15-13(2,3)4/h5-7,12,15-16H,8H2,1-4H3. The highest BCUT2D eigenvalue weighted by Gasteiger charge is 2.15. The number of aliphatic hydroxyl groups excluding tert-OH is 1. The summed E-state index contributed by atoms with van der Waals surface area (Å²) in [5.41, 5.74) is 2.15. The lowest BCUT2D eigenvalue weighted by Gasteiger charge is -2.23. The molecule has 0 amide bonds. The lowest BCUT2D eigenvalue weighted by Crippen LogP contribution is -2.38. The van der Waals surface area contributed by atoms with E-state index in [1.54, 1.807) is 0 Å². The van der Waals surface area contributed by atoms with E-state index in [9.17, 15) is 5.11 Å². The van der Waals surface area contributed by atoms with Gasteiger partial charge in [-0.1, -0.05) is 28.1 Å². The maximum atomic E-state index is 10.1. The minimum Gasteiger partial charge on any atom is -0.387 e. The molecule has 1 atom stereocenters. The average molecular weight is 286 g/mol. The zero-order valence-corrected chi connectivity index (χ0v) is 11.9. The van der Waals surface area contributed by atoms with E-state index in [1.807, 2.05) is 25.1 Å². The quantitative estimate of drug-likeness (QED) is 0.894. The smallest absolute Gasteiger partial charge is 0.0925 e. The van der Waals surface area contributed by atoms with Gasteiger partial charge in [0.25, 0.3) is 0 Å². The lowest BCUT2D eigenvalue weighted by molar-refractivity contribution is 0.162. The second-order valence-corrected chi connectivity index (χ2v) is 6.03. The molecule has 1 aromatic rings. The molecule has 0 fully saturated rings. The van der Waals surface area contributed by atoms with Crippen LogP contribution in [0.3, 0.4) is 0 Å². The van der Waals surface area contributed by atoms with Crippen molar-refractivity contribution in [3.8, 4) is 0 Å². The van der Waals surface area contributed by atoms with Gasteiger partial charge in [-0.3, -0.25) is 0 Å². The first-order valence-electron chi connectivity index (χ1n) is 5.49. The zero-order chi connectivity index (χ0) is 12.3. The van der Waals surface area contributed by atoms with Crippen molar-refractivity contribution in [3.63, 3.8) is 0 Å². The molecule has 16 heavy (non-hydrogen) atoms. The minimum absolute atomic E-state index is 0.0259. The van der Waals surface area contributed by atoms with Gasteiger partial charge in [-0.15, -0.1) is 0 Å². The predicted octanol–water partition coefficient (Wildman–Crippen LogP) is 3.18. The van der Waals surface area contributed by atoms with Gasteiger partial charge in [0.05, 0.1) is 6.10 Å². The SMILES string of the molecule is Cc1ccc(C(O)CNC(C)(C)C)c(Br)c1. The van der Waals surface area contributed by atoms with Crippen LogP contribution in [0.4, 0.5) is 0 Å². The van der Waals surface area contributed by atoms with E-state index >= 15 is 0 Å². The Morgan fingerprint density at radius 1 is 1.38 bits per heavy atom. The molecule has 0 radical (unpaired) electrons. The number of aryl methyl sites for hydroxylation is 1. The number of benzene rings is 1. The van der Waals surface area contributed by atoms with Crippen LogP contribution >= 0.6 is 15.9 Å². The molecule has 0 saturated heterocycles. The topological polar surface area (TPSA) is 32.3 Å². The van der Waals surface area contributed by atoms with Crippen molar-refractivity contribution in [3.05, 3.63) is 33.8 Å². The predicted molar refractivity (Wildman–Crippen MR) is 71.6 cm³/mol. The van der Waals surface area contributed by atoms with Crippen LogP contribution in [0.25, 0.3) is 0 Å². The number of aliphatic hydroxyl groups is 1. The summed E-state index contributed by atoms with van der Waals surface area (Å²) in [6.45, 7) is 8.86. The van der Waals surface area contributed by atoms with Gasteiger partial charge in [0.15, 0.2) is 0 Å². The van der Waals surface area contributed by atoms with Gasteiger partial charge in [0.1, 0.15) is 0 Å². The number of β-amino-alcohol motifs (C(OH)–C–C–N with tert-alkyl or cyclic N) is 1. The summed E-state index contributed by atoms with van der Waals surface area (Å²) in [6, 6.07) is 6.00. The van der Waals surface area contributed by atoms with E-state index in [4.69, 9.17) is 0 Å². The molecule has 1 rings (SSSR count). The Hall–Kier alpha value is -0.380. The van der Waals surface area contributed by atoms with E-state index in [1.165, 1.54) is 5.56 Å². The molecule has 2 N–H and O–H groups in total. The fourth-order valence-electron chi connectivity index (χ4n) is 1.42. The Bertz CT molecular complexity index is 357. The summed E-state index contributed by atoms with van der Waals surface area (Å²) in [6.07, 6.45) is -0.478. The molecule has 0 saturated carbocycles. The van der Waals surface area contributed by atoms with Crippen LogP contribution in [0.5, 0.6) is 0 Å². The van der Waals surface area contributed by atoms with Crippen molar-refractivity contribution in [1.82, 2.24) is 5.32 Å². The van der Waals surface area contributed by atoms with Crippen LogP contribution in [0, 0.1) is 6.92 Å². The molecular weight excluding hydrogens is 266 g/mol. The second kappa shape index (κ2) is 5.30. The summed E-state index contributed by atoms with van der Waals surface area (Å²) in [4.78, 5) is 0. The van der Waals surface area contributed by atoms with Gasteiger partial charge >= 0.3 is 0 Å². The Balaban J connectivity index is 2.70. The number of halogens is 1. The van der Waals surface area contributed by atoms with Gasteiger partial charge in [-0.05, 0) is 44.9 Å². The van der Waals surface area contributed by atoms with Crippen LogP contribution in [0.15, 0.2) is 22.7 Å². The third kappa shape index (κ3) is 4.24. The number of hydrogen-bond donors (Lipinski definition) is 2. The molecule has 0 aromatic heterocycles. The summed E-state index contributed by atoms with van der Waals surface area (Å²) >= 11 is 3.48. The van der Waals surface area contributed by atoms with Crippen molar-refractivity contribution in [2.45, 2.75) is 39.3 Å². The normalized spacial score (nSPS) is 13.9. The Kier molecular flexibility index (Phi) is 4.53. The summed E-state index contributed by atoms with van der Waals surface area (Å²) < 4.78 is 0.968. The third-order valence-electron chi connectivity index (χ3n) is 2.34. The zero-order valence-electron chi connectivity index (χ0n) is 10.3. The van der Waals surface area contributed by atoms with E-state index < -0.39 is 6.10 Å². The highest BCUT2D eigenvalue weighted by molar-refractivity contribution is 9.10. The Labute approximate surface area is 106 Å². The average Bonchev–Trinajstić information content (AvgIpc) is 2.13. The summed E-state index contributed by atoms with van der Waals surface area (Å²) in [5.74, 6) is 0. The molecule has 0 aliphatic carbocycles. The molecule has 1 unspecified atom stereocenters. The van der Waals surface area contributed by atoms with E-state index in [2.05, 4.69) is 42.0 Å². The first-order chi connectivity index (χ1) is 7.29. The molecule has 0 heterocycles. The van der Waals surface area contributed by atoms with Gasteiger partial charge in [-0.2, -0.15) is 0 Å². The maximum absolute atomic E-state index is 10.1. The first-order valence-corrected chi connectivity index (χ1v) is 6.28. The second-order valence-electron chi connectivity index (χ2n) is 5.17. The minimum atomic E-state index is -0.478. The molecule has 0 aliphatic rings. The third-order valence-corrected chi connectivity index (χ3v) is 3.03. The molecule has 0 aliphatic heterocycles.